The summed E-state index contributed by atoms with van der Waals surface area (Å²) in [6, 6.07) is 5.95. The maximum absolute atomic E-state index is 13.4. The molecule has 0 aromatic heterocycles. The molecular weight excluding hydrogens is 293 g/mol. The Kier molecular flexibility index (Phi) is 6.10. The zero-order valence-corrected chi connectivity index (χ0v) is 12.8. The Balaban J connectivity index is 1.72. The summed E-state index contributed by atoms with van der Waals surface area (Å²) in [7, 11) is -3.48. The normalized spacial score (nSPS) is 17.0. The molecule has 2 rings (SSSR count). The maximum Gasteiger partial charge on any atom is 0.215 e. The fourth-order valence-electron chi connectivity index (χ4n) is 2.34. The molecule has 118 valence electrons. The van der Waals surface area contributed by atoms with E-state index in [0.717, 1.165) is 39.1 Å². The van der Waals surface area contributed by atoms with E-state index >= 15 is 0 Å². The van der Waals surface area contributed by atoms with E-state index in [2.05, 4.69) is 14.9 Å². The quantitative estimate of drug-likeness (QED) is 0.721. The van der Waals surface area contributed by atoms with Crippen LogP contribution in [0.4, 0.5) is 4.39 Å². The molecule has 21 heavy (non-hydrogen) atoms. The highest BCUT2D eigenvalue weighted by molar-refractivity contribution is 7.88. The van der Waals surface area contributed by atoms with Gasteiger partial charge in [-0.25, -0.2) is 17.5 Å². The van der Waals surface area contributed by atoms with Gasteiger partial charge in [0.1, 0.15) is 5.82 Å². The van der Waals surface area contributed by atoms with Gasteiger partial charge in [0.15, 0.2) is 0 Å². The van der Waals surface area contributed by atoms with Gasteiger partial charge < -0.3 is 10.2 Å². The summed E-state index contributed by atoms with van der Waals surface area (Å²) >= 11 is 0. The minimum Gasteiger partial charge on any atom is -0.314 e. The summed E-state index contributed by atoms with van der Waals surface area (Å²) in [5.74, 6) is -0.795. The van der Waals surface area contributed by atoms with Gasteiger partial charge in [-0.1, -0.05) is 18.2 Å². The van der Waals surface area contributed by atoms with Crippen LogP contribution >= 0.6 is 0 Å². The first-order chi connectivity index (χ1) is 10.1. The minimum atomic E-state index is -3.48. The largest absolute Gasteiger partial charge is 0.314 e. The van der Waals surface area contributed by atoms with Gasteiger partial charge in [-0.15, -0.1) is 0 Å². The Morgan fingerprint density at radius 2 is 1.95 bits per heavy atom. The van der Waals surface area contributed by atoms with Crippen molar-refractivity contribution < 1.29 is 12.8 Å². The first-order valence-corrected chi connectivity index (χ1v) is 8.86. The van der Waals surface area contributed by atoms with Crippen molar-refractivity contribution in [2.45, 2.75) is 12.2 Å². The first kappa shape index (κ1) is 16.4. The first-order valence-electron chi connectivity index (χ1n) is 7.21. The average Bonchev–Trinajstić information content (AvgIpc) is 2.47. The van der Waals surface area contributed by atoms with Crippen LogP contribution in [0, 0.1) is 5.82 Å². The van der Waals surface area contributed by atoms with Crippen molar-refractivity contribution in [3.8, 4) is 0 Å². The Hall–Kier alpha value is -1.02. The monoisotopic (exact) mass is 315 g/mol. The zero-order chi connectivity index (χ0) is 15.1. The van der Waals surface area contributed by atoms with E-state index in [4.69, 9.17) is 0 Å². The van der Waals surface area contributed by atoms with Gasteiger partial charge in [-0.2, -0.15) is 0 Å². The van der Waals surface area contributed by atoms with E-state index in [9.17, 15) is 12.8 Å². The second-order valence-corrected chi connectivity index (χ2v) is 7.00. The molecule has 0 bridgehead atoms. The third kappa shape index (κ3) is 5.70. The van der Waals surface area contributed by atoms with Crippen molar-refractivity contribution in [2.75, 3.05) is 39.3 Å². The number of nitrogens with one attached hydrogen (secondary N) is 2. The maximum atomic E-state index is 13.4. The second kappa shape index (κ2) is 7.84. The second-order valence-electron chi connectivity index (χ2n) is 5.19. The fraction of sp³-hybridized carbons (Fsp3) is 0.571. The van der Waals surface area contributed by atoms with Gasteiger partial charge in [0, 0.05) is 38.3 Å². The molecule has 0 unspecified atom stereocenters. The number of sulfonamides is 1. The van der Waals surface area contributed by atoms with Crippen LogP contribution in [-0.2, 0) is 15.8 Å². The van der Waals surface area contributed by atoms with Crippen LogP contribution in [0.15, 0.2) is 24.3 Å². The molecule has 0 saturated carbocycles. The van der Waals surface area contributed by atoms with Crippen molar-refractivity contribution in [1.82, 2.24) is 14.9 Å². The predicted octanol–water partition coefficient (Wildman–Crippen LogP) is 0.540. The van der Waals surface area contributed by atoms with E-state index in [-0.39, 0.29) is 11.3 Å². The molecule has 1 fully saturated rings. The minimum absolute atomic E-state index is 0.201. The molecule has 0 atom stereocenters. The van der Waals surface area contributed by atoms with Crippen LogP contribution in [0.25, 0.3) is 0 Å². The summed E-state index contributed by atoms with van der Waals surface area (Å²) in [6.45, 7) is 5.24. The Labute approximate surface area is 125 Å². The lowest BCUT2D eigenvalue weighted by Crippen LogP contribution is -2.44. The van der Waals surface area contributed by atoms with Crippen LogP contribution in [0.5, 0.6) is 0 Å². The fourth-order valence-corrected chi connectivity index (χ4v) is 3.54. The van der Waals surface area contributed by atoms with Gasteiger partial charge >= 0.3 is 0 Å². The van der Waals surface area contributed by atoms with Gasteiger partial charge in [-0.05, 0) is 19.0 Å². The lowest BCUT2D eigenvalue weighted by atomic mass is 10.2. The molecule has 1 aliphatic heterocycles. The van der Waals surface area contributed by atoms with E-state index in [0.29, 0.717) is 6.54 Å². The van der Waals surface area contributed by atoms with Gasteiger partial charge in [-0.3, -0.25) is 0 Å². The molecule has 1 saturated heterocycles. The van der Waals surface area contributed by atoms with Crippen molar-refractivity contribution in [1.29, 1.82) is 0 Å². The molecular formula is C14H22FN3O2S. The number of hydrogen-bond acceptors (Lipinski definition) is 4. The van der Waals surface area contributed by atoms with Crippen molar-refractivity contribution in [3.05, 3.63) is 35.6 Å². The van der Waals surface area contributed by atoms with Crippen molar-refractivity contribution in [3.63, 3.8) is 0 Å². The molecule has 1 aliphatic rings. The van der Waals surface area contributed by atoms with E-state index in [1.165, 1.54) is 12.1 Å². The SMILES string of the molecule is O=S(=O)(Cc1ccccc1F)NCCCN1CCNCC1. The number of hydrogen-bond donors (Lipinski definition) is 2. The molecule has 0 amide bonds. The Bertz CT molecular complexity index is 545. The molecule has 0 spiro atoms. The summed E-state index contributed by atoms with van der Waals surface area (Å²) < 4.78 is 39.8. The third-order valence-electron chi connectivity index (χ3n) is 3.49. The zero-order valence-electron chi connectivity index (χ0n) is 12.0. The van der Waals surface area contributed by atoms with Gasteiger partial charge in [0.25, 0.3) is 0 Å². The van der Waals surface area contributed by atoms with Crippen LogP contribution in [-0.4, -0.2) is 52.6 Å². The van der Waals surface area contributed by atoms with Crippen molar-refractivity contribution >= 4 is 10.0 Å². The number of nitrogens with zero attached hydrogens (tertiary/aromatic N) is 1. The Morgan fingerprint density at radius 3 is 2.67 bits per heavy atom. The summed E-state index contributed by atoms with van der Waals surface area (Å²) in [4.78, 5) is 2.31. The molecule has 0 radical (unpaired) electrons. The highest BCUT2D eigenvalue weighted by Gasteiger charge is 2.14. The molecule has 2 N–H and O–H groups in total. The number of halogens is 1. The lowest BCUT2D eigenvalue weighted by Gasteiger charge is -2.27. The molecule has 1 aromatic rings. The Morgan fingerprint density at radius 1 is 1.24 bits per heavy atom. The molecule has 0 aliphatic carbocycles. The predicted molar refractivity (Wildman–Crippen MR) is 81.0 cm³/mol. The number of piperazine rings is 1. The highest BCUT2D eigenvalue weighted by atomic mass is 32.2. The van der Waals surface area contributed by atoms with Crippen LogP contribution in [0.2, 0.25) is 0 Å². The summed E-state index contributed by atoms with van der Waals surface area (Å²) in [5, 5.41) is 3.27. The standard InChI is InChI=1S/C14H22FN3O2S/c15-14-5-2-1-4-13(14)12-21(19,20)17-6-3-9-18-10-7-16-8-11-18/h1-2,4-5,16-17H,3,6-12H2. The topological polar surface area (TPSA) is 61.4 Å². The lowest BCUT2D eigenvalue weighted by molar-refractivity contribution is 0.239. The van der Waals surface area contributed by atoms with Gasteiger partial charge in [0.2, 0.25) is 10.0 Å². The van der Waals surface area contributed by atoms with Gasteiger partial charge in [0.05, 0.1) is 5.75 Å². The molecule has 7 heteroatoms. The smallest absolute Gasteiger partial charge is 0.215 e. The highest BCUT2D eigenvalue weighted by Crippen LogP contribution is 2.09. The molecule has 1 heterocycles. The summed E-state index contributed by atoms with van der Waals surface area (Å²) in [5.41, 5.74) is 0.201. The van der Waals surface area contributed by atoms with Crippen LogP contribution < -0.4 is 10.0 Å². The number of rotatable bonds is 7. The average molecular weight is 315 g/mol. The number of benzene rings is 1. The van der Waals surface area contributed by atoms with Crippen LogP contribution in [0.3, 0.4) is 0 Å². The summed E-state index contributed by atoms with van der Waals surface area (Å²) in [6.07, 6.45) is 0.760. The third-order valence-corrected chi connectivity index (χ3v) is 4.82. The molecule has 5 nitrogen and oxygen atoms in total. The van der Waals surface area contributed by atoms with E-state index < -0.39 is 15.8 Å². The van der Waals surface area contributed by atoms with E-state index in [1.54, 1.807) is 12.1 Å². The van der Waals surface area contributed by atoms with E-state index in [1.807, 2.05) is 0 Å². The van der Waals surface area contributed by atoms with Crippen LogP contribution in [0.1, 0.15) is 12.0 Å². The van der Waals surface area contributed by atoms with Crippen molar-refractivity contribution in [2.24, 2.45) is 0 Å². The molecule has 1 aromatic carbocycles.